The first-order chi connectivity index (χ1) is 8.47. The Morgan fingerprint density at radius 2 is 1.67 bits per heavy atom. The molecule has 3 heteroatoms. The highest BCUT2D eigenvalue weighted by molar-refractivity contribution is 4.79. The van der Waals surface area contributed by atoms with Gasteiger partial charge in [0.05, 0.1) is 6.33 Å². The summed E-state index contributed by atoms with van der Waals surface area (Å²) >= 11 is 0. The molecule has 1 atom stereocenters. The van der Waals surface area contributed by atoms with Crippen LogP contribution in [0.25, 0.3) is 0 Å². The molecule has 3 nitrogen and oxygen atoms in total. The molecule has 1 aromatic heterocycles. The van der Waals surface area contributed by atoms with Crippen LogP contribution in [0.1, 0.15) is 47.5 Å². The highest BCUT2D eigenvalue weighted by Crippen LogP contribution is 2.14. The smallest absolute Gasteiger partial charge is 0.0946 e. The van der Waals surface area contributed by atoms with Gasteiger partial charge in [0.1, 0.15) is 0 Å². The van der Waals surface area contributed by atoms with Gasteiger partial charge in [0.2, 0.25) is 0 Å². The van der Waals surface area contributed by atoms with Gasteiger partial charge in [-0.25, -0.2) is 4.98 Å². The van der Waals surface area contributed by atoms with E-state index in [1.54, 1.807) is 0 Å². The van der Waals surface area contributed by atoms with E-state index >= 15 is 0 Å². The molecule has 0 amide bonds. The highest BCUT2D eigenvalue weighted by Gasteiger charge is 2.15. The Kier molecular flexibility index (Phi) is 6.41. The minimum absolute atomic E-state index is 0.488. The summed E-state index contributed by atoms with van der Waals surface area (Å²) in [5, 5.41) is 3.77. The molecule has 0 radical (unpaired) electrons. The first-order valence-electron chi connectivity index (χ1n) is 7.19. The summed E-state index contributed by atoms with van der Waals surface area (Å²) in [7, 11) is 0. The average Bonchev–Trinajstić information content (AvgIpc) is 2.67. The van der Waals surface area contributed by atoms with Crippen LogP contribution >= 0.6 is 0 Å². The lowest BCUT2D eigenvalue weighted by Crippen LogP contribution is -2.40. The molecule has 1 N–H and O–H groups in total. The summed E-state index contributed by atoms with van der Waals surface area (Å²) in [5.74, 6) is 1.50. The molecule has 18 heavy (non-hydrogen) atoms. The second-order valence-electron chi connectivity index (χ2n) is 6.28. The van der Waals surface area contributed by atoms with Crippen molar-refractivity contribution in [1.29, 1.82) is 0 Å². The van der Waals surface area contributed by atoms with Crippen molar-refractivity contribution in [2.24, 2.45) is 11.8 Å². The maximum atomic E-state index is 4.09. The minimum Gasteiger partial charge on any atom is -0.336 e. The largest absolute Gasteiger partial charge is 0.336 e. The SMILES string of the molecule is CC(C)CC(CC(C)C)NC(C)Cn1ccnc1. The third-order valence-corrected chi connectivity index (χ3v) is 3.08. The summed E-state index contributed by atoms with van der Waals surface area (Å²) in [5.41, 5.74) is 0. The number of aromatic nitrogens is 2. The van der Waals surface area contributed by atoms with Crippen molar-refractivity contribution < 1.29 is 0 Å². The fourth-order valence-corrected chi connectivity index (χ4v) is 2.54. The molecule has 0 saturated carbocycles. The van der Waals surface area contributed by atoms with Crippen LogP contribution < -0.4 is 5.32 Å². The van der Waals surface area contributed by atoms with E-state index in [-0.39, 0.29) is 0 Å². The third-order valence-electron chi connectivity index (χ3n) is 3.08. The molecule has 104 valence electrons. The van der Waals surface area contributed by atoms with Gasteiger partial charge in [-0.3, -0.25) is 0 Å². The highest BCUT2D eigenvalue weighted by atomic mass is 15.1. The lowest BCUT2D eigenvalue weighted by atomic mass is 9.95. The first-order valence-corrected chi connectivity index (χ1v) is 7.19. The van der Waals surface area contributed by atoms with Gasteiger partial charge in [-0.2, -0.15) is 0 Å². The summed E-state index contributed by atoms with van der Waals surface area (Å²) in [6, 6.07) is 1.12. The number of rotatable bonds is 8. The van der Waals surface area contributed by atoms with Crippen LogP contribution in [-0.4, -0.2) is 21.6 Å². The van der Waals surface area contributed by atoms with Crippen LogP contribution in [0.4, 0.5) is 0 Å². The van der Waals surface area contributed by atoms with E-state index in [4.69, 9.17) is 0 Å². The maximum absolute atomic E-state index is 4.09. The fraction of sp³-hybridized carbons (Fsp3) is 0.800. The standard InChI is InChI=1S/C15H29N3/c1-12(2)8-15(9-13(3)4)17-14(5)10-18-7-6-16-11-18/h6-7,11-15,17H,8-10H2,1-5H3. The zero-order valence-corrected chi connectivity index (χ0v) is 12.6. The van der Waals surface area contributed by atoms with E-state index in [1.807, 2.05) is 18.7 Å². The van der Waals surface area contributed by atoms with Crippen molar-refractivity contribution in [3.05, 3.63) is 18.7 Å². The molecule has 0 aromatic carbocycles. The Bertz CT molecular complexity index is 294. The average molecular weight is 251 g/mol. The monoisotopic (exact) mass is 251 g/mol. The van der Waals surface area contributed by atoms with Crippen LogP contribution in [-0.2, 0) is 6.54 Å². The number of imidazole rings is 1. The number of hydrogen-bond acceptors (Lipinski definition) is 2. The van der Waals surface area contributed by atoms with Crippen LogP contribution in [0.2, 0.25) is 0 Å². The normalized spacial score (nSPS) is 13.8. The predicted molar refractivity (Wildman–Crippen MR) is 77.5 cm³/mol. The fourth-order valence-electron chi connectivity index (χ4n) is 2.54. The summed E-state index contributed by atoms with van der Waals surface area (Å²) in [6.45, 7) is 12.5. The molecule has 0 spiro atoms. The van der Waals surface area contributed by atoms with E-state index in [2.05, 4.69) is 49.5 Å². The second kappa shape index (κ2) is 7.57. The van der Waals surface area contributed by atoms with Gasteiger partial charge in [-0.05, 0) is 31.6 Å². The van der Waals surface area contributed by atoms with Gasteiger partial charge in [-0.15, -0.1) is 0 Å². The van der Waals surface area contributed by atoms with Crippen molar-refractivity contribution in [1.82, 2.24) is 14.9 Å². The molecule has 1 rings (SSSR count). The zero-order chi connectivity index (χ0) is 13.5. The quantitative estimate of drug-likeness (QED) is 0.768. The van der Waals surface area contributed by atoms with Gasteiger partial charge < -0.3 is 9.88 Å². The van der Waals surface area contributed by atoms with Gasteiger partial charge in [-0.1, -0.05) is 27.7 Å². The first kappa shape index (κ1) is 15.2. The van der Waals surface area contributed by atoms with Crippen molar-refractivity contribution in [2.75, 3.05) is 0 Å². The summed E-state index contributed by atoms with van der Waals surface area (Å²) < 4.78 is 2.14. The number of nitrogens with zero attached hydrogens (tertiary/aromatic N) is 2. The van der Waals surface area contributed by atoms with Gasteiger partial charge in [0.15, 0.2) is 0 Å². The lowest BCUT2D eigenvalue weighted by molar-refractivity contribution is 0.319. The Labute approximate surface area is 112 Å². The lowest BCUT2D eigenvalue weighted by Gasteiger charge is -2.26. The Balaban J connectivity index is 2.43. The summed E-state index contributed by atoms with van der Waals surface area (Å²) in [6.07, 6.45) is 8.27. The summed E-state index contributed by atoms with van der Waals surface area (Å²) in [4.78, 5) is 4.09. The third kappa shape index (κ3) is 6.20. The van der Waals surface area contributed by atoms with E-state index < -0.39 is 0 Å². The van der Waals surface area contributed by atoms with Crippen molar-refractivity contribution in [3.8, 4) is 0 Å². The molecule has 0 aliphatic carbocycles. The molecule has 0 fully saturated rings. The number of nitrogens with one attached hydrogen (secondary N) is 1. The molecule has 1 unspecified atom stereocenters. The van der Waals surface area contributed by atoms with Gasteiger partial charge in [0, 0.05) is 31.0 Å². The van der Waals surface area contributed by atoms with Crippen LogP contribution in [0, 0.1) is 11.8 Å². The van der Waals surface area contributed by atoms with E-state index in [0.29, 0.717) is 12.1 Å². The molecule has 0 aliphatic heterocycles. The molecular weight excluding hydrogens is 222 g/mol. The topological polar surface area (TPSA) is 29.9 Å². The van der Waals surface area contributed by atoms with Crippen LogP contribution in [0.5, 0.6) is 0 Å². The second-order valence-corrected chi connectivity index (χ2v) is 6.28. The minimum atomic E-state index is 0.488. The predicted octanol–water partition coefficient (Wildman–Crippen LogP) is 3.32. The zero-order valence-electron chi connectivity index (χ0n) is 12.6. The van der Waals surface area contributed by atoms with E-state index in [0.717, 1.165) is 18.4 Å². The van der Waals surface area contributed by atoms with E-state index in [9.17, 15) is 0 Å². The number of hydrogen-bond donors (Lipinski definition) is 1. The molecule has 0 saturated heterocycles. The Morgan fingerprint density at radius 1 is 1.06 bits per heavy atom. The van der Waals surface area contributed by atoms with Crippen molar-refractivity contribution in [2.45, 2.75) is 66.1 Å². The van der Waals surface area contributed by atoms with E-state index in [1.165, 1.54) is 12.8 Å². The van der Waals surface area contributed by atoms with Crippen molar-refractivity contribution in [3.63, 3.8) is 0 Å². The van der Waals surface area contributed by atoms with Crippen molar-refractivity contribution >= 4 is 0 Å². The molecule has 1 heterocycles. The van der Waals surface area contributed by atoms with Crippen LogP contribution in [0.15, 0.2) is 18.7 Å². The Morgan fingerprint density at radius 3 is 2.11 bits per heavy atom. The molecular formula is C15H29N3. The van der Waals surface area contributed by atoms with Gasteiger partial charge >= 0.3 is 0 Å². The van der Waals surface area contributed by atoms with Crippen LogP contribution in [0.3, 0.4) is 0 Å². The molecule has 0 bridgehead atoms. The molecule has 0 aliphatic rings. The Hall–Kier alpha value is -0.830. The maximum Gasteiger partial charge on any atom is 0.0946 e. The van der Waals surface area contributed by atoms with Gasteiger partial charge in [0.25, 0.3) is 0 Å². The molecule has 1 aromatic rings.